The monoisotopic (exact) mass is 349 g/mol. The van der Waals surface area contributed by atoms with Gasteiger partial charge in [-0.15, -0.1) is 0 Å². The van der Waals surface area contributed by atoms with Crippen LogP contribution in [-0.4, -0.2) is 37.4 Å². The van der Waals surface area contributed by atoms with Gasteiger partial charge in [-0.2, -0.15) is 23.4 Å². The number of aromatic nitrogens is 4. The first kappa shape index (κ1) is 17.3. The molecule has 0 aliphatic rings. The SMILES string of the molecule is CCn1ccc(CN(C)C(=O)c2c(Cl)c(C(F)(F)F)nn2C)n1. The van der Waals surface area contributed by atoms with E-state index in [1.807, 2.05) is 6.92 Å². The van der Waals surface area contributed by atoms with E-state index in [0.29, 0.717) is 12.2 Å². The summed E-state index contributed by atoms with van der Waals surface area (Å²) in [5, 5.41) is 6.83. The van der Waals surface area contributed by atoms with Crippen molar-refractivity contribution in [1.29, 1.82) is 0 Å². The van der Waals surface area contributed by atoms with Crippen LogP contribution in [0.15, 0.2) is 12.3 Å². The highest BCUT2D eigenvalue weighted by atomic mass is 35.5. The van der Waals surface area contributed by atoms with Gasteiger partial charge in [-0.3, -0.25) is 14.2 Å². The van der Waals surface area contributed by atoms with Crippen molar-refractivity contribution in [3.05, 3.63) is 34.4 Å². The van der Waals surface area contributed by atoms with Crippen molar-refractivity contribution in [2.75, 3.05) is 7.05 Å². The third-order valence-corrected chi connectivity index (χ3v) is 3.58. The van der Waals surface area contributed by atoms with Gasteiger partial charge in [0.25, 0.3) is 5.91 Å². The van der Waals surface area contributed by atoms with Crippen molar-refractivity contribution in [1.82, 2.24) is 24.5 Å². The largest absolute Gasteiger partial charge is 0.436 e. The van der Waals surface area contributed by atoms with Gasteiger partial charge in [-0.05, 0) is 13.0 Å². The van der Waals surface area contributed by atoms with E-state index in [9.17, 15) is 18.0 Å². The number of nitrogens with zero attached hydrogens (tertiary/aromatic N) is 5. The van der Waals surface area contributed by atoms with Crippen LogP contribution < -0.4 is 0 Å². The quantitative estimate of drug-likeness (QED) is 0.852. The van der Waals surface area contributed by atoms with Gasteiger partial charge in [0.15, 0.2) is 5.69 Å². The maximum Gasteiger partial charge on any atom is 0.436 e. The smallest absolute Gasteiger partial charge is 0.334 e. The van der Waals surface area contributed by atoms with Crippen LogP contribution in [0.4, 0.5) is 13.2 Å². The second-order valence-electron chi connectivity index (χ2n) is 4.96. The van der Waals surface area contributed by atoms with Crippen LogP contribution in [0.25, 0.3) is 0 Å². The molecule has 6 nitrogen and oxygen atoms in total. The summed E-state index contributed by atoms with van der Waals surface area (Å²) >= 11 is 5.71. The molecule has 0 saturated heterocycles. The molecule has 2 heterocycles. The van der Waals surface area contributed by atoms with Crippen LogP contribution in [-0.2, 0) is 26.3 Å². The Morgan fingerprint density at radius 1 is 1.39 bits per heavy atom. The number of aryl methyl sites for hydroxylation is 2. The van der Waals surface area contributed by atoms with Crippen molar-refractivity contribution >= 4 is 17.5 Å². The van der Waals surface area contributed by atoms with Crippen LogP contribution in [0, 0.1) is 0 Å². The summed E-state index contributed by atoms with van der Waals surface area (Å²) in [7, 11) is 2.71. The average Bonchev–Trinajstić information content (AvgIpc) is 3.02. The zero-order valence-electron chi connectivity index (χ0n) is 12.7. The Morgan fingerprint density at radius 3 is 2.52 bits per heavy atom. The molecule has 2 rings (SSSR count). The molecular weight excluding hydrogens is 335 g/mol. The normalized spacial score (nSPS) is 11.8. The third-order valence-electron chi connectivity index (χ3n) is 3.23. The Morgan fingerprint density at radius 2 is 2.04 bits per heavy atom. The molecule has 0 aromatic carbocycles. The Labute approximate surface area is 135 Å². The van der Waals surface area contributed by atoms with Crippen molar-refractivity contribution in [3.8, 4) is 0 Å². The highest BCUT2D eigenvalue weighted by Crippen LogP contribution is 2.35. The van der Waals surface area contributed by atoms with E-state index in [4.69, 9.17) is 11.6 Å². The Kier molecular flexibility index (Phi) is 4.69. The molecule has 2 aromatic heterocycles. The maximum absolute atomic E-state index is 12.8. The van der Waals surface area contributed by atoms with E-state index in [1.54, 1.807) is 16.9 Å². The number of rotatable bonds is 4. The van der Waals surface area contributed by atoms with E-state index in [2.05, 4.69) is 10.2 Å². The van der Waals surface area contributed by atoms with E-state index in [-0.39, 0.29) is 12.2 Å². The highest BCUT2D eigenvalue weighted by molar-refractivity contribution is 6.34. The summed E-state index contributed by atoms with van der Waals surface area (Å²) in [6.45, 7) is 2.74. The number of hydrogen-bond acceptors (Lipinski definition) is 3. The summed E-state index contributed by atoms with van der Waals surface area (Å²) in [6.07, 6.45) is -2.96. The molecule has 0 unspecified atom stereocenters. The molecule has 0 bridgehead atoms. The maximum atomic E-state index is 12.8. The Hall–Kier alpha value is -2.03. The van der Waals surface area contributed by atoms with E-state index >= 15 is 0 Å². The second-order valence-corrected chi connectivity index (χ2v) is 5.33. The molecular formula is C13H15ClF3N5O. The van der Waals surface area contributed by atoms with Crippen LogP contribution in [0.1, 0.15) is 28.8 Å². The van der Waals surface area contributed by atoms with Gasteiger partial charge >= 0.3 is 6.18 Å². The molecule has 1 amide bonds. The van der Waals surface area contributed by atoms with Crippen LogP contribution >= 0.6 is 11.6 Å². The van der Waals surface area contributed by atoms with Crippen molar-refractivity contribution < 1.29 is 18.0 Å². The van der Waals surface area contributed by atoms with Gasteiger partial charge in [0, 0.05) is 26.8 Å². The van der Waals surface area contributed by atoms with Crippen LogP contribution in [0.3, 0.4) is 0 Å². The summed E-state index contributed by atoms with van der Waals surface area (Å²) in [5.74, 6) is -0.661. The van der Waals surface area contributed by atoms with Gasteiger partial charge < -0.3 is 4.90 Å². The van der Waals surface area contributed by atoms with E-state index in [0.717, 1.165) is 4.68 Å². The summed E-state index contributed by atoms with van der Waals surface area (Å²) in [5.41, 5.74) is -0.956. The molecule has 10 heteroatoms. The van der Waals surface area contributed by atoms with Crippen molar-refractivity contribution in [3.63, 3.8) is 0 Å². The zero-order chi connectivity index (χ0) is 17.4. The number of carbonyl (C=O) groups is 1. The lowest BCUT2D eigenvalue weighted by Crippen LogP contribution is -2.28. The minimum absolute atomic E-state index is 0.148. The molecule has 2 aromatic rings. The second kappa shape index (κ2) is 6.23. The summed E-state index contributed by atoms with van der Waals surface area (Å²) in [6, 6.07) is 1.74. The first-order valence-corrected chi connectivity index (χ1v) is 7.10. The molecule has 0 spiro atoms. The van der Waals surface area contributed by atoms with Crippen LogP contribution in [0.5, 0.6) is 0 Å². The lowest BCUT2D eigenvalue weighted by atomic mass is 10.3. The molecule has 23 heavy (non-hydrogen) atoms. The minimum atomic E-state index is -4.72. The molecule has 0 fully saturated rings. The molecule has 0 radical (unpaired) electrons. The minimum Gasteiger partial charge on any atom is -0.334 e. The number of amides is 1. The van der Waals surface area contributed by atoms with Gasteiger partial charge in [0.05, 0.1) is 12.2 Å². The molecule has 0 aliphatic heterocycles. The fraction of sp³-hybridized carbons (Fsp3) is 0.462. The lowest BCUT2D eigenvalue weighted by Gasteiger charge is -2.16. The predicted octanol–water partition coefficient (Wildman–Crippen LogP) is 2.58. The fourth-order valence-corrected chi connectivity index (χ4v) is 2.42. The first-order valence-electron chi connectivity index (χ1n) is 6.72. The molecule has 126 valence electrons. The van der Waals surface area contributed by atoms with Crippen LogP contribution in [0.2, 0.25) is 5.02 Å². The highest BCUT2D eigenvalue weighted by Gasteiger charge is 2.40. The summed E-state index contributed by atoms with van der Waals surface area (Å²) in [4.78, 5) is 13.6. The standard InChI is InChI=1S/C13H15ClF3N5O/c1-4-22-6-5-8(18-22)7-20(2)12(23)10-9(14)11(13(15,16)17)19-21(10)3/h5-6H,4,7H2,1-3H3. The van der Waals surface area contributed by atoms with E-state index < -0.39 is 22.8 Å². The zero-order valence-corrected chi connectivity index (χ0v) is 13.5. The van der Waals surface area contributed by atoms with Crippen molar-refractivity contribution in [2.24, 2.45) is 7.05 Å². The first-order chi connectivity index (χ1) is 10.6. The average molecular weight is 350 g/mol. The topological polar surface area (TPSA) is 56.0 Å². The number of halogens is 4. The molecule has 0 N–H and O–H groups in total. The molecule has 0 aliphatic carbocycles. The third kappa shape index (κ3) is 3.49. The van der Waals surface area contributed by atoms with Gasteiger partial charge in [0.2, 0.25) is 0 Å². The predicted molar refractivity (Wildman–Crippen MR) is 76.9 cm³/mol. The Balaban J connectivity index is 2.24. The van der Waals surface area contributed by atoms with Crippen molar-refractivity contribution in [2.45, 2.75) is 26.2 Å². The molecule has 0 saturated carbocycles. The molecule has 0 atom stereocenters. The lowest BCUT2D eigenvalue weighted by molar-refractivity contribution is -0.141. The van der Waals surface area contributed by atoms with Gasteiger partial charge in [-0.25, -0.2) is 0 Å². The number of carbonyl (C=O) groups excluding carboxylic acids is 1. The summed E-state index contributed by atoms with van der Waals surface area (Å²) < 4.78 is 40.9. The number of hydrogen-bond donors (Lipinski definition) is 0. The Bertz CT molecular complexity index is 722. The van der Waals surface area contributed by atoms with E-state index in [1.165, 1.54) is 19.0 Å². The number of alkyl halides is 3. The fourth-order valence-electron chi connectivity index (χ4n) is 2.07. The van der Waals surface area contributed by atoms with Gasteiger partial charge in [0.1, 0.15) is 10.7 Å². The van der Waals surface area contributed by atoms with Gasteiger partial charge in [-0.1, -0.05) is 11.6 Å².